The van der Waals surface area contributed by atoms with Crippen LogP contribution in [0.2, 0.25) is 0 Å². The van der Waals surface area contributed by atoms with Gasteiger partial charge in [0.1, 0.15) is 6.04 Å². The van der Waals surface area contributed by atoms with Crippen LogP contribution >= 0.6 is 0 Å². The summed E-state index contributed by atoms with van der Waals surface area (Å²) in [6.45, 7) is 2.90. The number of anilines is 1. The van der Waals surface area contributed by atoms with Crippen molar-refractivity contribution in [3.05, 3.63) is 29.8 Å². The Balaban J connectivity index is 2.33. The van der Waals surface area contributed by atoms with Crippen molar-refractivity contribution in [3.63, 3.8) is 0 Å². The summed E-state index contributed by atoms with van der Waals surface area (Å²) in [6, 6.07) is 8.15. The number of para-hydroxylation sites is 1. The molecule has 0 N–H and O–H groups in total. The number of rotatable bonds is 2. The highest BCUT2D eigenvalue weighted by Crippen LogP contribution is 2.30. The monoisotopic (exact) mass is 219 g/mol. The number of hydrogen-bond donors (Lipinski definition) is 0. The van der Waals surface area contributed by atoms with Gasteiger partial charge in [-0.1, -0.05) is 18.2 Å². The van der Waals surface area contributed by atoms with E-state index < -0.39 is 0 Å². The second kappa shape index (κ2) is 4.56. The largest absolute Gasteiger partial charge is 0.467 e. The van der Waals surface area contributed by atoms with Crippen LogP contribution in [-0.4, -0.2) is 25.7 Å². The molecule has 1 atom stereocenters. The standard InChI is InChI=1S/C13H17NO2/c1-3-14-11-7-5-4-6-10(11)8-9-12(14)13(15)16-2/h4-7,12H,3,8-9H2,1-2H3. The summed E-state index contributed by atoms with van der Waals surface area (Å²) in [6.07, 6.45) is 1.80. The molecule has 1 aromatic carbocycles. The van der Waals surface area contributed by atoms with Gasteiger partial charge in [-0.2, -0.15) is 0 Å². The molecular weight excluding hydrogens is 202 g/mol. The average Bonchev–Trinajstić information content (AvgIpc) is 2.36. The Morgan fingerprint density at radius 1 is 1.50 bits per heavy atom. The van der Waals surface area contributed by atoms with E-state index in [-0.39, 0.29) is 12.0 Å². The summed E-state index contributed by atoms with van der Waals surface area (Å²) in [5, 5.41) is 0. The normalized spacial score (nSPS) is 19.1. The minimum absolute atomic E-state index is 0.120. The zero-order valence-electron chi connectivity index (χ0n) is 9.77. The third kappa shape index (κ3) is 1.77. The van der Waals surface area contributed by atoms with Crippen molar-refractivity contribution < 1.29 is 9.53 Å². The molecular formula is C13H17NO2. The predicted octanol–water partition coefficient (Wildman–Crippen LogP) is 2.00. The number of hydrogen-bond acceptors (Lipinski definition) is 3. The van der Waals surface area contributed by atoms with E-state index in [2.05, 4.69) is 24.0 Å². The molecule has 1 unspecified atom stereocenters. The number of carbonyl (C=O) groups is 1. The lowest BCUT2D eigenvalue weighted by molar-refractivity contribution is -0.142. The van der Waals surface area contributed by atoms with Crippen LogP contribution in [0.4, 0.5) is 5.69 Å². The third-order valence-electron chi connectivity index (χ3n) is 3.18. The van der Waals surface area contributed by atoms with E-state index >= 15 is 0 Å². The number of likely N-dealkylation sites (N-methyl/N-ethyl adjacent to an activating group) is 1. The summed E-state index contributed by atoms with van der Waals surface area (Å²) in [7, 11) is 1.46. The first-order chi connectivity index (χ1) is 7.77. The molecule has 0 saturated carbocycles. The van der Waals surface area contributed by atoms with Gasteiger partial charge in [0.25, 0.3) is 0 Å². The molecule has 0 aromatic heterocycles. The van der Waals surface area contributed by atoms with Gasteiger partial charge < -0.3 is 9.64 Å². The number of benzene rings is 1. The van der Waals surface area contributed by atoms with Crippen molar-refractivity contribution >= 4 is 11.7 Å². The van der Waals surface area contributed by atoms with Crippen molar-refractivity contribution in [2.24, 2.45) is 0 Å². The fourth-order valence-electron chi connectivity index (χ4n) is 2.39. The van der Waals surface area contributed by atoms with E-state index in [1.165, 1.54) is 18.4 Å². The molecule has 1 aliphatic rings. The molecule has 1 aliphatic heterocycles. The lowest BCUT2D eigenvalue weighted by Gasteiger charge is -2.36. The zero-order valence-corrected chi connectivity index (χ0v) is 9.77. The van der Waals surface area contributed by atoms with Crippen LogP contribution in [0.5, 0.6) is 0 Å². The molecule has 3 nitrogen and oxygen atoms in total. The highest BCUT2D eigenvalue weighted by atomic mass is 16.5. The summed E-state index contributed by atoms with van der Waals surface area (Å²) in [5.74, 6) is -0.128. The number of esters is 1. The molecule has 0 fully saturated rings. The summed E-state index contributed by atoms with van der Waals surface area (Å²) in [4.78, 5) is 13.8. The highest BCUT2D eigenvalue weighted by Gasteiger charge is 2.30. The molecule has 0 bridgehead atoms. The second-order valence-electron chi connectivity index (χ2n) is 3.99. The van der Waals surface area contributed by atoms with E-state index in [1.807, 2.05) is 12.1 Å². The SMILES string of the molecule is CCN1c2ccccc2CCC1C(=O)OC. The minimum atomic E-state index is -0.128. The second-order valence-corrected chi connectivity index (χ2v) is 3.99. The predicted molar refractivity (Wildman–Crippen MR) is 63.6 cm³/mol. The van der Waals surface area contributed by atoms with Gasteiger partial charge in [-0.15, -0.1) is 0 Å². The Morgan fingerprint density at radius 2 is 2.25 bits per heavy atom. The van der Waals surface area contributed by atoms with E-state index in [0.29, 0.717) is 0 Å². The van der Waals surface area contributed by atoms with Gasteiger partial charge in [0.2, 0.25) is 0 Å². The van der Waals surface area contributed by atoms with Crippen LogP contribution in [0.15, 0.2) is 24.3 Å². The molecule has 86 valence electrons. The van der Waals surface area contributed by atoms with E-state index in [9.17, 15) is 4.79 Å². The van der Waals surface area contributed by atoms with Crippen LogP contribution in [0.3, 0.4) is 0 Å². The van der Waals surface area contributed by atoms with Crippen molar-refractivity contribution in [1.82, 2.24) is 0 Å². The van der Waals surface area contributed by atoms with E-state index in [0.717, 1.165) is 19.4 Å². The lowest BCUT2D eigenvalue weighted by Crippen LogP contribution is -2.45. The summed E-state index contributed by atoms with van der Waals surface area (Å²) < 4.78 is 4.86. The number of aryl methyl sites for hydroxylation is 1. The van der Waals surface area contributed by atoms with Gasteiger partial charge in [-0.05, 0) is 31.4 Å². The molecule has 2 rings (SSSR count). The first kappa shape index (κ1) is 11.0. The molecule has 0 spiro atoms. The van der Waals surface area contributed by atoms with Crippen LogP contribution < -0.4 is 4.90 Å². The van der Waals surface area contributed by atoms with Crippen LogP contribution in [0, 0.1) is 0 Å². The Labute approximate surface area is 96.0 Å². The Morgan fingerprint density at radius 3 is 2.94 bits per heavy atom. The van der Waals surface area contributed by atoms with Gasteiger partial charge in [0, 0.05) is 12.2 Å². The number of ether oxygens (including phenoxy) is 1. The molecule has 1 aromatic rings. The first-order valence-corrected chi connectivity index (χ1v) is 5.70. The van der Waals surface area contributed by atoms with Gasteiger partial charge in [-0.3, -0.25) is 0 Å². The molecule has 0 radical (unpaired) electrons. The fourth-order valence-corrected chi connectivity index (χ4v) is 2.39. The maximum absolute atomic E-state index is 11.7. The first-order valence-electron chi connectivity index (χ1n) is 5.70. The minimum Gasteiger partial charge on any atom is -0.467 e. The molecule has 3 heteroatoms. The number of methoxy groups -OCH3 is 1. The number of carbonyl (C=O) groups excluding carboxylic acids is 1. The molecule has 1 heterocycles. The van der Waals surface area contributed by atoms with Crippen molar-refractivity contribution in [2.75, 3.05) is 18.6 Å². The van der Waals surface area contributed by atoms with Crippen LogP contribution in [-0.2, 0) is 16.0 Å². The Hall–Kier alpha value is -1.51. The average molecular weight is 219 g/mol. The number of fused-ring (bicyclic) bond motifs is 1. The summed E-state index contributed by atoms with van der Waals surface area (Å²) >= 11 is 0. The Bertz CT molecular complexity index is 389. The molecule has 0 aliphatic carbocycles. The maximum atomic E-state index is 11.7. The van der Waals surface area contributed by atoms with Gasteiger partial charge in [0.15, 0.2) is 0 Å². The van der Waals surface area contributed by atoms with Gasteiger partial charge in [-0.25, -0.2) is 4.79 Å². The van der Waals surface area contributed by atoms with Gasteiger partial charge >= 0.3 is 5.97 Å². The Kier molecular flexibility index (Phi) is 3.13. The lowest BCUT2D eigenvalue weighted by atomic mass is 9.96. The zero-order chi connectivity index (χ0) is 11.5. The van der Waals surface area contributed by atoms with Crippen LogP contribution in [0.25, 0.3) is 0 Å². The van der Waals surface area contributed by atoms with Crippen LogP contribution in [0.1, 0.15) is 18.9 Å². The molecule has 0 saturated heterocycles. The topological polar surface area (TPSA) is 29.5 Å². The van der Waals surface area contributed by atoms with E-state index in [4.69, 9.17) is 4.74 Å². The molecule has 16 heavy (non-hydrogen) atoms. The van der Waals surface area contributed by atoms with Gasteiger partial charge in [0.05, 0.1) is 7.11 Å². The number of nitrogens with zero attached hydrogens (tertiary/aromatic N) is 1. The molecule has 0 amide bonds. The van der Waals surface area contributed by atoms with E-state index in [1.54, 1.807) is 0 Å². The highest BCUT2D eigenvalue weighted by molar-refractivity contribution is 5.81. The maximum Gasteiger partial charge on any atom is 0.328 e. The summed E-state index contributed by atoms with van der Waals surface area (Å²) in [5.41, 5.74) is 2.50. The quantitative estimate of drug-likeness (QED) is 0.712. The smallest absolute Gasteiger partial charge is 0.328 e. The van der Waals surface area contributed by atoms with Crippen molar-refractivity contribution in [2.45, 2.75) is 25.8 Å². The third-order valence-corrected chi connectivity index (χ3v) is 3.18. The van der Waals surface area contributed by atoms with Crippen molar-refractivity contribution in [3.8, 4) is 0 Å². The van der Waals surface area contributed by atoms with Crippen molar-refractivity contribution in [1.29, 1.82) is 0 Å². The fraction of sp³-hybridized carbons (Fsp3) is 0.462.